The second-order valence-electron chi connectivity index (χ2n) is 3.51. The van der Waals surface area contributed by atoms with Gasteiger partial charge in [-0.05, 0) is 12.1 Å². The Morgan fingerprint density at radius 1 is 0.882 bits per heavy atom. The van der Waals surface area contributed by atoms with Crippen molar-refractivity contribution in [2.75, 3.05) is 0 Å². The maximum atomic E-state index is 4.31. The monoisotopic (exact) mass is 223 g/mol. The Morgan fingerprint density at radius 3 is 2.47 bits per heavy atom. The SMILES string of the molecule is c1cncc(-c2ncc(-c3cncnc3)[nH]2)c1. The van der Waals surface area contributed by atoms with Crippen LogP contribution in [0, 0.1) is 0 Å². The quantitative estimate of drug-likeness (QED) is 0.720. The fraction of sp³-hybridized carbons (Fsp3) is 0. The number of aromatic amines is 1. The molecule has 0 aliphatic carbocycles. The van der Waals surface area contributed by atoms with Crippen LogP contribution in [0.25, 0.3) is 22.6 Å². The Kier molecular flexibility index (Phi) is 2.34. The molecule has 0 saturated heterocycles. The van der Waals surface area contributed by atoms with Gasteiger partial charge in [-0.3, -0.25) is 4.98 Å². The van der Waals surface area contributed by atoms with E-state index in [1.54, 1.807) is 31.0 Å². The van der Waals surface area contributed by atoms with Crippen molar-refractivity contribution in [3.63, 3.8) is 0 Å². The Hall–Kier alpha value is -2.56. The Labute approximate surface area is 97.6 Å². The van der Waals surface area contributed by atoms with Crippen molar-refractivity contribution < 1.29 is 0 Å². The van der Waals surface area contributed by atoms with Crippen molar-refractivity contribution in [3.05, 3.63) is 49.4 Å². The highest BCUT2D eigenvalue weighted by Crippen LogP contribution is 2.19. The summed E-state index contributed by atoms with van der Waals surface area (Å²) in [6.07, 6.45) is 10.3. The predicted molar refractivity (Wildman–Crippen MR) is 62.8 cm³/mol. The van der Waals surface area contributed by atoms with Crippen LogP contribution in [0.3, 0.4) is 0 Å². The minimum atomic E-state index is 0.789. The van der Waals surface area contributed by atoms with E-state index in [1.807, 2.05) is 12.1 Å². The number of nitrogens with zero attached hydrogens (tertiary/aromatic N) is 4. The third kappa shape index (κ3) is 1.90. The lowest BCUT2D eigenvalue weighted by atomic mass is 10.2. The molecule has 0 atom stereocenters. The van der Waals surface area contributed by atoms with E-state index < -0.39 is 0 Å². The van der Waals surface area contributed by atoms with Gasteiger partial charge in [0.1, 0.15) is 12.2 Å². The van der Waals surface area contributed by atoms with Crippen LogP contribution in [0.2, 0.25) is 0 Å². The van der Waals surface area contributed by atoms with E-state index in [1.165, 1.54) is 6.33 Å². The first-order valence-corrected chi connectivity index (χ1v) is 5.14. The van der Waals surface area contributed by atoms with Gasteiger partial charge in [0.15, 0.2) is 0 Å². The Morgan fingerprint density at radius 2 is 1.71 bits per heavy atom. The highest BCUT2D eigenvalue weighted by Gasteiger charge is 2.05. The van der Waals surface area contributed by atoms with E-state index in [-0.39, 0.29) is 0 Å². The fourth-order valence-electron chi connectivity index (χ4n) is 1.56. The first-order chi connectivity index (χ1) is 8.43. The molecule has 0 bridgehead atoms. The molecule has 5 heteroatoms. The molecule has 3 heterocycles. The van der Waals surface area contributed by atoms with Gasteiger partial charge in [-0.25, -0.2) is 15.0 Å². The number of rotatable bonds is 2. The van der Waals surface area contributed by atoms with Gasteiger partial charge in [-0.15, -0.1) is 0 Å². The molecule has 0 saturated carbocycles. The summed E-state index contributed by atoms with van der Waals surface area (Å²) in [7, 11) is 0. The minimum absolute atomic E-state index is 0.789. The van der Waals surface area contributed by atoms with Crippen molar-refractivity contribution in [1.29, 1.82) is 0 Å². The molecule has 0 aliphatic heterocycles. The molecule has 0 unspecified atom stereocenters. The zero-order valence-corrected chi connectivity index (χ0v) is 8.91. The first kappa shape index (κ1) is 9.65. The molecule has 5 nitrogen and oxygen atoms in total. The summed E-state index contributed by atoms with van der Waals surface area (Å²) in [6.45, 7) is 0. The summed E-state index contributed by atoms with van der Waals surface area (Å²) in [5.41, 5.74) is 2.76. The van der Waals surface area contributed by atoms with Gasteiger partial charge < -0.3 is 4.98 Å². The van der Waals surface area contributed by atoms with Gasteiger partial charge >= 0.3 is 0 Å². The van der Waals surface area contributed by atoms with Gasteiger partial charge in [0, 0.05) is 35.9 Å². The molecule has 3 rings (SSSR count). The Balaban J connectivity index is 1.99. The van der Waals surface area contributed by atoms with Crippen LogP contribution in [0.15, 0.2) is 49.4 Å². The van der Waals surface area contributed by atoms with Gasteiger partial charge in [0.25, 0.3) is 0 Å². The summed E-state index contributed by atoms with van der Waals surface area (Å²) >= 11 is 0. The third-order valence-corrected chi connectivity index (χ3v) is 2.38. The minimum Gasteiger partial charge on any atom is -0.338 e. The standard InChI is InChI=1S/C12H9N5/c1-2-9(4-13-3-1)12-16-7-11(17-12)10-5-14-8-15-6-10/h1-8H,(H,16,17). The van der Waals surface area contributed by atoms with Crippen molar-refractivity contribution >= 4 is 0 Å². The van der Waals surface area contributed by atoms with Crippen LogP contribution < -0.4 is 0 Å². The number of nitrogens with one attached hydrogen (secondary N) is 1. The van der Waals surface area contributed by atoms with Crippen LogP contribution in [0.1, 0.15) is 0 Å². The van der Waals surface area contributed by atoms with E-state index in [9.17, 15) is 0 Å². The molecular formula is C12H9N5. The van der Waals surface area contributed by atoms with Gasteiger partial charge in [-0.1, -0.05) is 0 Å². The summed E-state index contributed by atoms with van der Waals surface area (Å²) in [5, 5.41) is 0. The summed E-state index contributed by atoms with van der Waals surface area (Å²) < 4.78 is 0. The van der Waals surface area contributed by atoms with E-state index in [2.05, 4.69) is 24.9 Å². The molecule has 0 aliphatic rings. The van der Waals surface area contributed by atoms with Crippen LogP contribution in [-0.4, -0.2) is 24.9 Å². The number of pyridine rings is 1. The predicted octanol–water partition coefficient (Wildman–Crippen LogP) is 1.93. The number of hydrogen-bond donors (Lipinski definition) is 1. The molecular weight excluding hydrogens is 214 g/mol. The molecule has 1 N–H and O–H groups in total. The summed E-state index contributed by atoms with van der Waals surface area (Å²) in [4.78, 5) is 19.5. The van der Waals surface area contributed by atoms with E-state index in [0.717, 1.165) is 22.6 Å². The molecule has 0 fully saturated rings. The van der Waals surface area contributed by atoms with Crippen molar-refractivity contribution in [2.24, 2.45) is 0 Å². The number of hydrogen-bond acceptors (Lipinski definition) is 4. The van der Waals surface area contributed by atoms with Crippen molar-refractivity contribution in [3.8, 4) is 22.6 Å². The lowest BCUT2D eigenvalue weighted by Gasteiger charge is -1.95. The lowest BCUT2D eigenvalue weighted by Crippen LogP contribution is -1.83. The molecule has 3 aromatic heterocycles. The van der Waals surface area contributed by atoms with Gasteiger partial charge in [0.2, 0.25) is 0 Å². The summed E-state index contributed by atoms with van der Waals surface area (Å²) in [6, 6.07) is 3.83. The topological polar surface area (TPSA) is 67.3 Å². The zero-order chi connectivity index (χ0) is 11.5. The number of imidazole rings is 1. The number of aromatic nitrogens is 5. The molecule has 0 amide bonds. The maximum Gasteiger partial charge on any atom is 0.139 e. The van der Waals surface area contributed by atoms with Crippen molar-refractivity contribution in [2.45, 2.75) is 0 Å². The van der Waals surface area contributed by atoms with Crippen molar-refractivity contribution in [1.82, 2.24) is 24.9 Å². The van der Waals surface area contributed by atoms with Gasteiger partial charge in [-0.2, -0.15) is 0 Å². The van der Waals surface area contributed by atoms with E-state index in [0.29, 0.717) is 0 Å². The second kappa shape index (κ2) is 4.13. The molecule has 3 aromatic rings. The van der Waals surface area contributed by atoms with E-state index in [4.69, 9.17) is 0 Å². The zero-order valence-electron chi connectivity index (χ0n) is 8.91. The first-order valence-electron chi connectivity index (χ1n) is 5.14. The Bertz CT molecular complexity index is 549. The largest absolute Gasteiger partial charge is 0.338 e. The lowest BCUT2D eigenvalue weighted by molar-refractivity contribution is 1.16. The highest BCUT2D eigenvalue weighted by molar-refractivity contribution is 5.62. The van der Waals surface area contributed by atoms with E-state index >= 15 is 0 Å². The summed E-state index contributed by atoms with van der Waals surface area (Å²) in [5.74, 6) is 0.789. The highest BCUT2D eigenvalue weighted by atomic mass is 14.9. The smallest absolute Gasteiger partial charge is 0.139 e. The molecule has 0 spiro atoms. The molecule has 0 radical (unpaired) electrons. The van der Waals surface area contributed by atoms with Crippen LogP contribution >= 0.6 is 0 Å². The maximum absolute atomic E-state index is 4.31. The fourth-order valence-corrected chi connectivity index (χ4v) is 1.56. The second-order valence-corrected chi connectivity index (χ2v) is 3.51. The van der Waals surface area contributed by atoms with Crippen LogP contribution in [0.4, 0.5) is 0 Å². The molecule has 82 valence electrons. The normalized spacial score (nSPS) is 10.4. The number of H-pyrrole nitrogens is 1. The molecule has 0 aromatic carbocycles. The van der Waals surface area contributed by atoms with Crippen LogP contribution in [0.5, 0.6) is 0 Å². The van der Waals surface area contributed by atoms with Gasteiger partial charge in [0.05, 0.1) is 11.9 Å². The van der Waals surface area contributed by atoms with Crippen LogP contribution in [-0.2, 0) is 0 Å². The average Bonchev–Trinajstić information content (AvgIpc) is 2.90. The molecule has 17 heavy (non-hydrogen) atoms. The third-order valence-electron chi connectivity index (χ3n) is 2.38. The average molecular weight is 223 g/mol.